The molecular formula is C19H21N3O4. The van der Waals surface area contributed by atoms with Gasteiger partial charge in [0.15, 0.2) is 0 Å². The summed E-state index contributed by atoms with van der Waals surface area (Å²) in [5.41, 5.74) is 7.12. The maximum Gasteiger partial charge on any atom is 0.323 e. The summed E-state index contributed by atoms with van der Waals surface area (Å²) in [7, 11) is 1.56. The highest BCUT2D eigenvalue weighted by atomic mass is 16.5. The Morgan fingerprint density at radius 2 is 1.77 bits per heavy atom. The maximum atomic E-state index is 12.5. The molecule has 7 nitrogen and oxygen atoms in total. The molecule has 0 radical (unpaired) electrons. The van der Waals surface area contributed by atoms with E-state index in [1.807, 2.05) is 0 Å². The number of nitrogens with zero attached hydrogens (tertiary/aromatic N) is 1. The number of benzene rings is 2. The largest absolute Gasteiger partial charge is 0.497 e. The fourth-order valence-corrected chi connectivity index (χ4v) is 2.44. The summed E-state index contributed by atoms with van der Waals surface area (Å²) >= 11 is 0. The van der Waals surface area contributed by atoms with Crippen LogP contribution in [0, 0.1) is 0 Å². The molecule has 26 heavy (non-hydrogen) atoms. The van der Waals surface area contributed by atoms with Crippen LogP contribution in [0.3, 0.4) is 0 Å². The normalized spacial score (nSPS) is 11.3. The second-order valence-electron chi connectivity index (χ2n) is 5.72. The molecule has 0 saturated carbocycles. The lowest BCUT2D eigenvalue weighted by molar-refractivity contribution is -0.139. The number of methoxy groups -OCH3 is 1. The van der Waals surface area contributed by atoms with Gasteiger partial charge in [0, 0.05) is 12.6 Å². The van der Waals surface area contributed by atoms with Crippen molar-refractivity contribution in [1.29, 1.82) is 0 Å². The number of carbonyl (C=O) groups excluding carboxylic acids is 3. The van der Waals surface area contributed by atoms with Gasteiger partial charge in [0.2, 0.25) is 5.91 Å². The average Bonchev–Trinajstić information content (AvgIpc) is 2.61. The molecule has 0 heterocycles. The fraction of sp³-hybridized carbons (Fsp3) is 0.211. The van der Waals surface area contributed by atoms with Gasteiger partial charge < -0.3 is 15.8 Å². The monoisotopic (exact) mass is 355 g/mol. The molecule has 1 unspecified atom stereocenters. The van der Waals surface area contributed by atoms with E-state index in [1.165, 1.54) is 19.1 Å². The Kier molecular flexibility index (Phi) is 5.95. The lowest BCUT2D eigenvalue weighted by atomic mass is 10.1. The number of anilines is 2. The quantitative estimate of drug-likeness (QED) is 0.645. The van der Waals surface area contributed by atoms with Crippen molar-refractivity contribution in [3.05, 3.63) is 54.1 Å². The first-order valence-corrected chi connectivity index (χ1v) is 7.98. The highest BCUT2D eigenvalue weighted by molar-refractivity contribution is 6.45. The van der Waals surface area contributed by atoms with E-state index in [1.54, 1.807) is 50.4 Å². The van der Waals surface area contributed by atoms with Crippen LogP contribution in [-0.2, 0) is 14.4 Å². The molecular weight excluding hydrogens is 334 g/mol. The fourth-order valence-electron chi connectivity index (χ4n) is 2.44. The number of amides is 3. The zero-order chi connectivity index (χ0) is 19.3. The standard InChI is InChI=1S/C19H21N3O4/c1-12(14-7-9-17(26-3)10-8-14)21-18(24)19(25)22(13(2)23)16-6-4-5-15(20)11-16/h4-12H,20H2,1-3H3,(H,21,24). The predicted octanol–water partition coefficient (Wildman–Crippen LogP) is 2.03. The summed E-state index contributed by atoms with van der Waals surface area (Å²) in [6.45, 7) is 2.95. The Morgan fingerprint density at radius 1 is 1.12 bits per heavy atom. The summed E-state index contributed by atoms with van der Waals surface area (Å²) in [6, 6.07) is 12.9. The summed E-state index contributed by atoms with van der Waals surface area (Å²) in [5, 5.41) is 2.60. The van der Waals surface area contributed by atoms with Crippen LogP contribution in [0.1, 0.15) is 25.5 Å². The van der Waals surface area contributed by atoms with Crippen LogP contribution >= 0.6 is 0 Å². The van der Waals surface area contributed by atoms with E-state index in [4.69, 9.17) is 10.5 Å². The minimum Gasteiger partial charge on any atom is -0.497 e. The minimum atomic E-state index is -0.969. The van der Waals surface area contributed by atoms with Crippen LogP contribution in [0.25, 0.3) is 0 Å². The Balaban J connectivity index is 2.15. The third-order valence-corrected chi connectivity index (χ3v) is 3.80. The van der Waals surface area contributed by atoms with Gasteiger partial charge in [-0.25, -0.2) is 4.90 Å². The van der Waals surface area contributed by atoms with E-state index in [2.05, 4.69) is 5.32 Å². The molecule has 3 N–H and O–H groups in total. The number of ether oxygens (including phenoxy) is 1. The van der Waals surface area contributed by atoms with Crippen molar-refractivity contribution in [2.45, 2.75) is 19.9 Å². The van der Waals surface area contributed by atoms with Gasteiger partial charge in [-0.3, -0.25) is 14.4 Å². The molecule has 2 aromatic rings. The summed E-state index contributed by atoms with van der Waals surface area (Å²) < 4.78 is 5.09. The van der Waals surface area contributed by atoms with Crippen molar-refractivity contribution >= 4 is 29.1 Å². The first-order chi connectivity index (χ1) is 12.3. The number of nitrogen functional groups attached to an aromatic ring is 1. The van der Waals surface area contributed by atoms with Crippen LogP contribution in [-0.4, -0.2) is 24.8 Å². The van der Waals surface area contributed by atoms with Crippen molar-refractivity contribution in [2.24, 2.45) is 0 Å². The molecule has 0 aliphatic heterocycles. The van der Waals surface area contributed by atoms with Crippen molar-refractivity contribution in [1.82, 2.24) is 5.32 Å². The number of nitrogens with two attached hydrogens (primary N) is 1. The summed E-state index contributed by atoms with van der Waals surface area (Å²) in [5.74, 6) is -1.74. The smallest absolute Gasteiger partial charge is 0.323 e. The molecule has 0 bridgehead atoms. The Morgan fingerprint density at radius 3 is 2.31 bits per heavy atom. The molecule has 0 aliphatic carbocycles. The first-order valence-electron chi connectivity index (χ1n) is 7.98. The van der Waals surface area contributed by atoms with Crippen molar-refractivity contribution in [3.8, 4) is 5.75 Å². The third kappa shape index (κ3) is 4.38. The molecule has 3 amide bonds. The van der Waals surface area contributed by atoms with E-state index in [9.17, 15) is 14.4 Å². The average molecular weight is 355 g/mol. The topological polar surface area (TPSA) is 102 Å². The van der Waals surface area contributed by atoms with Crippen LogP contribution in [0.4, 0.5) is 11.4 Å². The van der Waals surface area contributed by atoms with Gasteiger partial charge in [-0.05, 0) is 42.8 Å². The van der Waals surface area contributed by atoms with Gasteiger partial charge in [-0.2, -0.15) is 0 Å². The lowest BCUT2D eigenvalue weighted by Gasteiger charge is -2.21. The number of hydrogen-bond donors (Lipinski definition) is 2. The predicted molar refractivity (Wildman–Crippen MR) is 98.6 cm³/mol. The van der Waals surface area contributed by atoms with Crippen molar-refractivity contribution in [2.75, 3.05) is 17.7 Å². The molecule has 0 aliphatic rings. The van der Waals surface area contributed by atoms with Gasteiger partial charge in [0.1, 0.15) is 5.75 Å². The number of nitrogens with one attached hydrogen (secondary N) is 1. The highest BCUT2D eigenvalue weighted by Gasteiger charge is 2.28. The Hall–Kier alpha value is -3.35. The number of rotatable bonds is 4. The van der Waals surface area contributed by atoms with E-state index in [-0.39, 0.29) is 5.69 Å². The molecule has 0 saturated heterocycles. The van der Waals surface area contributed by atoms with E-state index in [0.717, 1.165) is 10.5 Å². The maximum absolute atomic E-state index is 12.5. The van der Waals surface area contributed by atoms with Crippen molar-refractivity contribution in [3.63, 3.8) is 0 Å². The Labute approximate surface area is 151 Å². The number of imide groups is 1. The zero-order valence-corrected chi connectivity index (χ0v) is 14.9. The van der Waals surface area contributed by atoms with E-state index >= 15 is 0 Å². The SMILES string of the molecule is COc1ccc(C(C)NC(=O)C(=O)N(C(C)=O)c2cccc(N)c2)cc1. The van der Waals surface area contributed by atoms with Crippen molar-refractivity contribution < 1.29 is 19.1 Å². The second kappa shape index (κ2) is 8.15. The van der Waals surface area contributed by atoms with E-state index < -0.39 is 23.8 Å². The van der Waals surface area contributed by atoms with Crippen LogP contribution < -0.4 is 20.7 Å². The summed E-state index contributed by atoms with van der Waals surface area (Å²) in [6.07, 6.45) is 0. The van der Waals surface area contributed by atoms with Gasteiger partial charge >= 0.3 is 11.8 Å². The molecule has 1 atom stereocenters. The Bertz CT molecular complexity index is 818. The molecule has 7 heteroatoms. The molecule has 0 fully saturated rings. The van der Waals surface area contributed by atoms with Crippen LogP contribution in [0.2, 0.25) is 0 Å². The minimum absolute atomic E-state index is 0.245. The molecule has 2 rings (SSSR count). The molecule has 0 aromatic heterocycles. The van der Waals surface area contributed by atoms with Gasteiger partial charge in [0.25, 0.3) is 0 Å². The van der Waals surface area contributed by atoms with Crippen LogP contribution in [0.15, 0.2) is 48.5 Å². The molecule has 136 valence electrons. The first kappa shape index (κ1) is 19.0. The van der Waals surface area contributed by atoms with E-state index in [0.29, 0.717) is 11.4 Å². The second-order valence-corrected chi connectivity index (χ2v) is 5.72. The van der Waals surface area contributed by atoms with Gasteiger partial charge in [-0.15, -0.1) is 0 Å². The molecule has 2 aromatic carbocycles. The molecule has 0 spiro atoms. The third-order valence-electron chi connectivity index (χ3n) is 3.80. The number of carbonyl (C=O) groups is 3. The summed E-state index contributed by atoms with van der Waals surface area (Å²) in [4.78, 5) is 37.5. The highest BCUT2D eigenvalue weighted by Crippen LogP contribution is 2.20. The number of hydrogen-bond acceptors (Lipinski definition) is 5. The lowest BCUT2D eigenvalue weighted by Crippen LogP contribution is -2.46. The zero-order valence-electron chi connectivity index (χ0n) is 14.9. The van der Waals surface area contributed by atoms with Gasteiger partial charge in [-0.1, -0.05) is 18.2 Å². The van der Waals surface area contributed by atoms with Crippen LogP contribution in [0.5, 0.6) is 5.75 Å². The van der Waals surface area contributed by atoms with Gasteiger partial charge in [0.05, 0.1) is 18.8 Å².